The Morgan fingerprint density at radius 2 is 1.97 bits per heavy atom. The zero-order chi connectivity index (χ0) is 20.1. The molecule has 8 heteroatoms. The summed E-state index contributed by atoms with van der Waals surface area (Å²) >= 11 is 0. The van der Waals surface area contributed by atoms with E-state index in [2.05, 4.69) is 32.2 Å². The molecule has 1 aliphatic heterocycles. The van der Waals surface area contributed by atoms with Crippen LogP contribution in [0.3, 0.4) is 0 Å². The molecule has 1 fully saturated rings. The van der Waals surface area contributed by atoms with Gasteiger partial charge in [-0.2, -0.15) is 4.98 Å². The molecule has 1 amide bonds. The second kappa shape index (κ2) is 8.93. The second-order valence-corrected chi connectivity index (χ2v) is 6.96. The summed E-state index contributed by atoms with van der Waals surface area (Å²) in [6.07, 6.45) is 3.41. The van der Waals surface area contributed by atoms with Gasteiger partial charge in [-0.3, -0.25) is 14.7 Å². The van der Waals surface area contributed by atoms with Crippen molar-refractivity contribution in [3.63, 3.8) is 0 Å². The number of hydrogen-bond acceptors (Lipinski definition) is 7. The van der Waals surface area contributed by atoms with Crippen LogP contribution < -0.4 is 0 Å². The van der Waals surface area contributed by atoms with E-state index in [0.717, 1.165) is 43.9 Å². The third kappa shape index (κ3) is 4.67. The van der Waals surface area contributed by atoms with Crippen LogP contribution in [0.2, 0.25) is 0 Å². The number of carbonyl (C=O) groups is 1. The van der Waals surface area contributed by atoms with Crippen LogP contribution in [-0.4, -0.2) is 70.7 Å². The third-order valence-corrected chi connectivity index (χ3v) is 4.92. The first-order valence-electron chi connectivity index (χ1n) is 9.55. The summed E-state index contributed by atoms with van der Waals surface area (Å²) in [5.74, 6) is 1.06. The molecular formula is C21H23N5O3. The summed E-state index contributed by atoms with van der Waals surface area (Å²) in [6, 6.07) is 11.9. The van der Waals surface area contributed by atoms with Crippen molar-refractivity contribution in [2.24, 2.45) is 0 Å². The number of benzene rings is 1. The largest absolute Gasteiger partial charge is 0.375 e. The lowest BCUT2D eigenvalue weighted by Gasteiger charge is -2.34. The Hall–Kier alpha value is -3.10. The minimum atomic E-state index is 0.0516. The molecule has 0 unspecified atom stereocenters. The summed E-state index contributed by atoms with van der Waals surface area (Å²) < 4.78 is 10.3. The molecule has 0 aliphatic carbocycles. The monoisotopic (exact) mass is 393 g/mol. The Morgan fingerprint density at radius 3 is 2.72 bits per heavy atom. The second-order valence-electron chi connectivity index (χ2n) is 6.96. The predicted molar refractivity (Wildman–Crippen MR) is 107 cm³/mol. The Balaban J connectivity index is 1.40. The third-order valence-electron chi connectivity index (χ3n) is 4.92. The fourth-order valence-corrected chi connectivity index (χ4v) is 3.38. The number of pyridine rings is 1. The van der Waals surface area contributed by atoms with Crippen LogP contribution in [0.4, 0.5) is 0 Å². The average molecular weight is 393 g/mol. The first-order chi connectivity index (χ1) is 14.2. The lowest BCUT2D eigenvalue weighted by atomic mass is 10.1. The number of nitrogens with zero attached hydrogens (tertiary/aromatic N) is 5. The molecule has 3 heterocycles. The molecule has 1 aromatic carbocycles. The van der Waals surface area contributed by atoms with Crippen molar-refractivity contribution in [1.82, 2.24) is 24.9 Å². The maximum absolute atomic E-state index is 11.9. The summed E-state index contributed by atoms with van der Waals surface area (Å²) in [4.78, 5) is 24.7. The van der Waals surface area contributed by atoms with E-state index in [4.69, 9.17) is 9.26 Å². The van der Waals surface area contributed by atoms with E-state index < -0.39 is 0 Å². The van der Waals surface area contributed by atoms with E-state index >= 15 is 0 Å². The highest BCUT2D eigenvalue weighted by Crippen LogP contribution is 2.22. The van der Waals surface area contributed by atoms with Crippen LogP contribution in [-0.2, 0) is 16.1 Å². The van der Waals surface area contributed by atoms with Crippen LogP contribution in [0, 0.1) is 0 Å². The summed E-state index contributed by atoms with van der Waals surface area (Å²) in [5.41, 5.74) is 2.88. The minimum Gasteiger partial charge on any atom is -0.375 e. The number of amides is 1. The van der Waals surface area contributed by atoms with Gasteiger partial charge in [0.2, 0.25) is 11.7 Å². The zero-order valence-corrected chi connectivity index (χ0v) is 16.3. The van der Waals surface area contributed by atoms with Gasteiger partial charge in [0.05, 0.1) is 5.56 Å². The summed E-state index contributed by atoms with van der Waals surface area (Å²) in [6.45, 7) is 4.09. The van der Waals surface area contributed by atoms with Crippen LogP contribution in [0.15, 0.2) is 53.3 Å². The molecule has 4 rings (SSSR count). The molecule has 1 saturated heterocycles. The quantitative estimate of drug-likeness (QED) is 0.634. The first kappa shape index (κ1) is 19.2. The highest BCUT2D eigenvalue weighted by atomic mass is 16.5. The van der Waals surface area contributed by atoms with Gasteiger partial charge in [-0.05, 0) is 23.8 Å². The van der Waals surface area contributed by atoms with Crippen molar-refractivity contribution < 1.29 is 14.1 Å². The Bertz CT molecular complexity index is 952. The Morgan fingerprint density at radius 1 is 1.14 bits per heavy atom. The standard InChI is InChI=1S/C21H23N5O3/c1-28-15-19(27)26-10-8-25(9-11-26)14-16-4-2-5-17(12-16)20-23-21(29-24-20)18-6-3-7-22-13-18/h2-7,12-13H,8-11,14-15H2,1H3. The van der Waals surface area contributed by atoms with Crippen molar-refractivity contribution in [3.8, 4) is 22.8 Å². The van der Waals surface area contributed by atoms with E-state index in [1.807, 2.05) is 29.2 Å². The molecule has 3 aromatic rings. The molecule has 0 saturated carbocycles. The van der Waals surface area contributed by atoms with Crippen LogP contribution in [0.1, 0.15) is 5.56 Å². The van der Waals surface area contributed by atoms with Gasteiger partial charge in [-0.1, -0.05) is 23.4 Å². The number of rotatable bonds is 6. The molecule has 0 radical (unpaired) electrons. The van der Waals surface area contributed by atoms with E-state index in [9.17, 15) is 4.79 Å². The van der Waals surface area contributed by atoms with E-state index in [-0.39, 0.29) is 12.5 Å². The number of carbonyl (C=O) groups excluding carboxylic acids is 1. The van der Waals surface area contributed by atoms with Crippen molar-refractivity contribution in [3.05, 3.63) is 54.4 Å². The van der Waals surface area contributed by atoms with Gasteiger partial charge in [0, 0.05) is 57.8 Å². The van der Waals surface area contributed by atoms with Crippen LogP contribution in [0.5, 0.6) is 0 Å². The number of hydrogen-bond donors (Lipinski definition) is 0. The smallest absolute Gasteiger partial charge is 0.259 e. The number of methoxy groups -OCH3 is 1. The number of ether oxygens (including phenoxy) is 1. The van der Waals surface area contributed by atoms with E-state index in [1.54, 1.807) is 19.5 Å². The van der Waals surface area contributed by atoms with Gasteiger partial charge in [0.15, 0.2) is 0 Å². The van der Waals surface area contributed by atoms with Crippen LogP contribution in [0.25, 0.3) is 22.8 Å². The van der Waals surface area contributed by atoms with Crippen molar-refractivity contribution in [2.75, 3.05) is 39.9 Å². The molecule has 150 valence electrons. The maximum Gasteiger partial charge on any atom is 0.259 e. The topological polar surface area (TPSA) is 84.6 Å². The average Bonchev–Trinajstić information content (AvgIpc) is 3.26. The predicted octanol–water partition coefficient (Wildman–Crippen LogP) is 2.09. The van der Waals surface area contributed by atoms with Crippen LogP contribution >= 0.6 is 0 Å². The van der Waals surface area contributed by atoms with Gasteiger partial charge in [0.25, 0.3) is 5.89 Å². The minimum absolute atomic E-state index is 0.0516. The SMILES string of the molecule is COCC(=O)N1CCN(Cc2cccc(-c3noc(-c4cccnc4)n3)c2)CC1. The zero-order valence-electron chi connectivity index (χ0n) is 16.3. The lowest BCUT2D eigenvalue weighted by molar-refractivity contribution is -0.136. The fraction of sp³-hybridized carbons (Fsp3) is 0.333. The summed E-state index contributed by atoms with van der Waals surface area (Å²) in [7, 11) is 1.55. The lowest BCUT2D eigenvalue weighted by Crippen LogP contribution is -2.49. The summed E-state index contributed by atoms with van der Waals surface area (Å²) in [5, 5.41) is 4.11. The van der Waals surface area contributed by atoms with Gasteiger partial charge >= 0.3 is 0 Å². The van der Waals surface area contributed by atoms with Gasteiger partial charge in [-0.25, -0.2) is 0 Å². The van der Waals surface area contributed by atoms with Gasteiger partial charge in [-0.15, -0.1) is 0 Å². The number of piperazine rings is 1. The van der Waals surface area contributed by atoms with E-state index in [0.29, 0.717) is 11.7 Å². The van der Waals surface area contributed by atoms with Gasteiger partial charge < -0.3 is 14.2 Å². The molecule has 29 heavy (non-hydrogen) atoms. The highest BCUT2D eigenvalue weighted by molar-refractivity contribution is 5.77. The molecule has 2 aromatic heterocycles. The van der Waals surface area contributed by atoms with E-state index in [1.165, 1.54) is 5.56 Å². The highest BCUT2D eigenvalue weighted by Gasteiger charge is 2.21. The molecule has 0 N–H and O–H groups in total. The van der Waals surface area contributed by atoms with Crippen molar-refractivity contribution in [1.29, 1.82) is 0 Å². The molecule has 0 spiro atoms. The van der Waals surface area contributed by atoms with Crippen molar-refractivity contribution >= 4 is 5.91 Å². The molecular weight excluding hydrogens is 370 g/mol. The van der Waals surface area contributed by atoms with Gasteiger partial charge in [0.1, 0.15) is 6.61 Å². The molecule has 0 atom stereocenters. The maximum atomic E-state index is 11.9. The fourth-order valence-electron chi connectivity index (χ4n) is 3.38. The van der Waals surface area contributed by atoms with Crippen molar-refractivity contribution in [2.45, 2.75) is 6.54 Å². The molecule has 1 aliphatic rings. The Kier molecular flexibility index (Phi) is 5.92. The molecule has 0 bridgehead atoms. The number of aromatic nitrogens is 3. The molecule has 8 nitrogen and oxygen atoms in total. The normalized spacial score (nSPS) is 14.9. The first-order valence-corrected chi connectivity index (χ1v) is 9.55. The Labute approximate surface area is 169 Å².